The van der Waals surface area contributed by atoms with Crippen molar-refractivity contribution in [3.63, 3.8) is 0 Å². The highest BCUT2D eigenvalue weighted by atomic mass is 19.1. The topological polar surface area (TPSA) is 75.5 Å². The molecule has 3 heterocycles. The average molecular weight is 427 g/mol. The van der Waals surface area contributed by atoms with Crippen LogP contribution in [0.15, 0.2) is 53.5 Å². The molecule has 0 radical (unpaired) electrons. The highest BCUT2D eigenvalue weighted by molar-refractivity contribution is 5.64. The summed E-state index contributed by atoms with van der Waals surface area (Å²) < 4.78 is 21.8. The molecule has 4 rings (SSSR count). The molecule has 1 saturated heterocycles. The summed E-state index contributed by atoms with van der Waals surface area (Å²) >= 11 is 0. The number of nitrogens with one attached hydrogen (secondary N) is 3. The molecule has 1 fully saturated rings. The van der Waals surface area contributed by atoms with Gasteiger partial charge in [0.15, 0.2) is 5.54 Å². The maximum Gasteiger partial charge on any atom is 0.164 e. The Bertz CT molecular complexity index is 918. The lowest BCUT2D eigenvalue weighted by Crippen LogP contribution is -2.52. The zero-order valence-electron chi connectivity index (χ0n) is 18.1. The molecule has 0 amide bonds. The van der Waals surface area contributed by atoms with E-state index in [4.69, 9.17) is 9.72 Å². The van der Waals surface area contributed by atoms with Gasteiger partial charge in [-0.25, -0.2) is 14.4 Å². The molecule has 3 N–H and O–H groups in total. The number of piperidine rings is 1. The van der Waals surface area contributed by atoms with Crippen LogP contribution in [0.25, 0.3) is 0 Å². The van der Waals surface area contributed by atoms with Crippen LogP contribution in [0.1, 0.15) is 44.1 Å². The fraction of sp³-hybridized carbons (Fsp3) is 0.478. The van der Waals surface area contributed by atoms with Gasteiger partial charge >= 0.3 is 0 Å². The predicted octanol–water partition coefficient (Wildman–Crippen LogP) is 2.68. The highest BCUT2D eigenvalue weighted by Gasteiger charge is 2.44. The van der Waals surface area contributed by atoms with E-state index in [9.17, 15) is 4.39 Å². The number of halogens is 1. The minimum absolute atomic E-state index is 0.0342. The normalized spacial score (nSPS) is 22.6. The molecule has 31 heavy (non-hydrogen) atoms. The van der Waals surface area contributed by atoms with Gasteiger partial charge in [-0.2, -0.15) is 0 Å². The Morgan fingerprint density at radius 2 is 2.06 bits per heavy atom. The van der Waals surface area contributed by atoms with E-state index in [1.165, 1.54) is 12.1 Å². The van der Waals surface area contributed by atoms with Crippen molar-refractivity contribution in [3.8, 4) is 0 Å². The second-order valence-electron chi connectivity index (χ2n) is 8.01. The molecule has 2 atom stereocenters. The third-order valence-electron chi connectivity index (χ3n) is 5.98. The number of hydrogen-bond donors (Lipinski definition) is 3. The van der Waals surface area contributed by atoms with Crippen molar-refractivity contribution in [2.45, 2.75) is 44.4 Å². The molecule has 1 aromatic carbocycles. The fourth-order valence-corrected chi connectivity index (χ4v) is 4.43. The summed E-state index contributed by atoms with van der Waals surface area (Å²) in [5.41, 5.74) is 0.939. The van der Waals surface area contributed by atoms with Gasteiger partial charge in [0.25, 0.3) is 0 Å². The summed E-state index contributed by atoms with van der Waals surface area (Å²) in [5.74, 6) is 0.591. The largest absolute Gasteiger partial charge is 0.382 e. The van der Waals surface area contributed by atoms with Crippen LogP contribution in [-0.4, -0.2) is 48.2 Å². The van der Waals surface area contributed by atoms with Crippen molar-refractivity contribution in [2.24, 2.45) is 4.99 Å². The van der Waals surface area contributed by atoms with E-state index >= 15 is 0 Å². The first-order chi connectivity index (χ1) is 15.1. The quantitative estimate of drug-likeness (QED) is 0.605. The molecule has 166 valence electrons. The number of benzene rings is 1. The van der Waals surface area contributed by atoms with E-state index in [1.807, 2.05) is 44.6 Å². The van der Waals surface area contributed by atoms with Crippen LogP contribution in [0.4, 0.5) is 4.39 Å². The number of nitrogens with zero attached hydrogens (tertiary/aromatic N) is 3. The van der Waals surface area contributed by atoms with Crippen molar-refractivity contribution in [2.75, 3.05) is 26.2 Å². The van der Waals surface area contributed by atoms with Crippen LogP contribution in [-0.2, 0) is 10.3 Å². The highest BCUT2D eigenvalue weighted by Crippen LogP contribution is 2.38. The number of hydrogen-bond acceptors (Lipinski definition) is 6. The lowest BCUT2D eigenvalue weighted by molar-refractivity contribution is 0.0771. The summed E-state index contributed by atoms with van der Waals surface area (Å²) in [6.07, 6.45) is 9.49. The first-order valence-corrected chi connectivity index (χ1v) is 11.0. The lowest BCUT2D eigenvalue weighted by Gasteiger charge is -2.40. The second kappa shape index (κ2) is 9.62. The third kappa shape index (κ3) is 4.36. The monoisotopic (exact) mass is 426 g/mol. The summed E-state index contributed by atoms with van der Waals surface area (Å²) in [6, 6.07) is 6.95. The number of imidazole rings is 1. The molecule has 0 spiro atoms. The Hall–Kier alpha value is -2.71. The smallest absolute Gasteiger partial charge is 0.164 e. The third-order valence-corrected chi connectivity index (χ3v) is 5.98. The summed E-state index contributed by atoms with van der Waals surface area (Å²) in [7, 11) is 0. The minimum atomic E-state index is -0.810. The van der Waals surface area contributed by atoms with E-state index in [0.29, 0.717) is 19.2 Å². The average Bonchev–Trinajstić information content (AvgIpc) is 3.30. The molecule has 2 aliphatic heterocycles. The number of ether oxygens (including phenoxy) is 1. The summed E-state index contributed by atoms with van der Waals surface area (Å²) in [5, 5.41) is 10.4. The van der Waals surface area contributed by atoms with Gasteiger partial charge in [0.05, 0.1) is 24.3 Å². The molecule has 0 bridgehead atoms. The van der Waals surface area contributed by atoms with Gasteiger partial charge in [-0.1, -0.05) is 12.1 Å². The van der Waals surface area contributed by atoms with Crippen molar-refractivity contribution in [1.82, 2.24) is 25.5 Å². The SMILES string of the molecule is CCOC(C)CNC1=CN=CNC1(c1ccc(F)cc1)c1nccn1C1CCNCC1. The van der Waals surface area contributed by atoms with Crippen molar-refractivity contribution in [1.29, 1.82) is 0 Å². The van der Waals surface area contributed by atoms with E-state index in [2.05, 4.69) is 25.5 Å². The lowest BCUT2D eigenvalue weighted by atomic mass is 9.84. The van der Waals surface area contributed by atoms with Crippen molar-refractivity contribution >= 4 is 6.34 Å². The first kappa shape index (κ1) is 21.5. The van der Waals surface area contributed by atoms with Gasteiger partial charge in [0.1, 0.15) is 11.6 Å². The van der Waals surface area contributed by atoms with Crippen LogP contribution in [0.3, 0.4) is 0 Å². The number of rotatable bonds is 8. The Labute approximate surface area is 182 Å². The molecule has 0 saturated carbocycles. The maximum atomic E-state index is 13.8. The Balaban J connectivity index is 1.78. The summed E-state index contributed by atoms with van der Waals surface area (Å²) in [6.45, 7) is 7.25. The van der Waals surface area contributed by atoms with E-state index in [1.54, 1.807) is 6.34 Å². The molecule has 2 aromatic rings. The number of aliphatic imine (C=N–C) groups is 1. The molecular weight excluding hydrogens is 395 g/mol. The van der Waals surface area contributed by atoms with Crippen molar-refractivity contribution in [3.05, 3.63) is 65.8 Å². The van der Waals surface area contributed by atoms with Gasteiger partial charge < -0.3 is 25.3 Å². The Morgan fingerprint density at radius 3 is 2.81 bits per heavy atom. The standard InChI is InChI=1S/C23H31FN6O/c1-3-31-17(2)14-28-21-15-26-16-29-23(21,18-4-6-19(24)7-5-18)22-27-12-13-30(22)20-8-10-25-11-9-20/h4-7,12-13,15-17,20,25,28H,3,8-11,14H2,1-2H3,(H,26,29). The van der Waals surface area contributed by atoms with Gasteiger partial charge in [0, 0.05) is 31.6 Å². The molecule has 2 unspecified atom stereocenters. The maximum absolute atomic E-state index is 13.8. The molecular formula is C23H31FN6O. The second-order valence-corrected chi connectivity index (χ2v) is 8.01. The van der Waals surface area contributed by atoms with E-state index < -0.39 is 5.54 Å². The zero-order valence-corrected chi connectivity index (χ0v) is 18.1. The zero-order chi connectivity index (χ0) is 21.7. The van der Waals surface area contributed by atoms with Gasteiger partial charge in [-0.3, -0.25) is 0 Å². The molecule has 8 heteroatoms. The molecule has 0 aliphatic carbocycles. The predicted molar refractivity (Wildman–Crippen MR) is 119 cm³/mol. The van der Waals surface area contributed by atoms with Crippen LogP contribution in [0, 0.1) is 5.82 Å². The summed E-state index contributed by atoms with van der Waals surface area (Å²) in [4.78, 5) is 9.16. The van der Waals surface area contributed by atoms with E-state index in [0.717, 1.165) is 43.0 Å². The first-order valence-electron chi connectivity index (χ1n) is 11.0. The Morgan fingerprint density at radius 1 is 1.29 bits per heavy atom. The molecule has 1 aromatic heterocycles. The molecule has 7 nitrogen and oxygen atoms in total. The fourth-order valence-electron chi connectivity index (χ4n) is 4.43. The van der Waals surface area contributed by atoms with Crippen LogP contribution in [0.2, 0.25) is 0 Å². The van der Waals surface area contributed by atoms with Gasteiger partial charge in [-0.15, -0.1) is 0 Å². The molecule has 2 aliphatic rings. The minimum Gasteiger partial charge on any atom is -0.382 e. The van der Waals surface area contributed by atoms with Gasteiger partial charge in [-0.05, 0) is 57.5 Å². The van der Waals surface area contributed by atoms with Crippen molar-refractivity contribution < 1.29 is 9.13 Å². The number of aromatic nitrogens is 2. The Kier molecular flexibility index (Phi) is 6.67. The van der Waals surface area contributed by atoms with Crippen LogP contribution in [0.5, 0.6) is 0 Å². The van der Waals surface area contributed by atoms with Gasteiger partial charge in [0.2, 0.25) is 0 Å². The van der Waals surface area contributed by atoms with Crippen LogP contribution < -0.4 is 16.0 Å². The van der Waals surface area contributed by atoms with Crippen LogP contribution >= 0.6 is 0 Å². The van der Waals surface area contributed by atoms with E-state index in [-0.39, 0.29) is 11.9 Å².